The topological polar surface area (TPSA) is 41.6 Å². The Morgan fingerprint density at radius 3 is 2.47 bits per heavy atom. The summed E-state index contributed by atoms with van der Waals surface area (Å²) in [4.78, 5) is 13.7. The first-order chi connectivity index (χ1) is 6.96. The molecule has 0 saturated carbocycles. The maximum Gasteiger partial charge on any atom is 0.325 e. The van der Waals surface area contributed by atoms with Crippen LogP contribution in [-0.4, -0.2) is 50.7 Å². The van der Waals surface area contributed by atoms with Crippen LogP contribution in [0.1, 0.15) is 26.7 Å². The molecule has 1 N–H and O–H groups in total. The second kappa shape index (κ2) is 6.80. The van der Waals surface area contributed by atoms with Gasteiger partial charge < -0.3 is 15.0 Å². The predicted octanol–water partition coefficient (Wildman–Crippen LogP) is 0.869. The SMILES string of the molecule is CCNC(C)(CCCN(C)C)C(=O)OC. The van der Waals surface area contributed by atoms with Crippen LogP contribution in [0.25, 0.3) is 0 Å². The van der Waals surface area contributed by atoms with E-state index in [1.54, 1.807) is 0 Å². The van der Waals surface area contributed by atoms with Crippen LogP contribution in [0.4, 0.5) is 0 Å². The summed E-state index contributed by atoms with van der Waals surface area (Å²) in [5, 5.41) is 3.19. The van der Waals surface area contributed by atoms with E-state index in [1.165, 1.54) is 7.11 Å². The third kappa shape index (κ3) is 5.14. The van der Waals surface area contributed by atoms with Crippen molar-refractivity contribution in [1.82, 2.24) is 10.2 Å². The Balaban J connectivity index is 4.19. The maximum absolute atomic E-state index is 11.6. The Morgan fingerprint density at radius 1 is 1.47 bits per heavy atom. The summed E-state index contributed by atoms with van der Waals surface area (Å²) < 4.78 is 4.81. The van der Waals surface area contributed by atoms with Crippen LogP contribution in [0.2, 0.25) is 0 Å². The Morgan fingerprint density at radius 2 is 2.07 bits per heavy atom. The number of likely N-dealkylation sites (N-methyl/N-ethyl adjacent to an activating group) is 1. The van der Waals surface area contributed by atoms with E-state index in [0.29, 0.717) is 0 Å². The largest absolute Gasteiger partial charge is 0.468 e. The van der Waals surface area contributed by atoms with E-state index < -0.39 is 5.54 Å². The minimum Gasteiger partial charge on any atom is -0.468 e. The quantitative estimate of drug-likeness (QED) is 0.641. The van der Waals surface area contributed by atoms with Gasteiger partial charge in [-0.2, -0.15) is 0 Å². The van der Waals surface area contributed by atoms with Gasteiger partial charge in [0.05, 0.1) is 7.11 Å². The molecule has 0 rings (SSSR count). The molecule has 0 aliphatic carbocycles. The Labute approximate surface area is 93.0 Å². The second-order valence-corrected chi connectivity index (χ2v) is 4.26. The van der Waals surface area contributed by atoms with Gasteiger partial charge >= 0.3 is 5.97 Å². The molecule has 15 heavy (non-hydrogen) atoms. The Hall–Kier alpha value is -0.610. The van der Waals surface area contributed by atoms with Crippen molar-refractivity contribution >= 4 is 5.97 Å². The monoisotopic (exact) mass is 216 g/mol. The van der Waals surface area contributed by atoms with Crippen LogP contribution in [0.3, 0.4) is 0 Å². The first kappa shape index (κ1) is 14.4. The van der Waals surface area contributed by atoms with Gasteiger partial charge in [-0.05, 0) is 47.0 Å². The van der Waals surface area contributed by atoms with Crippen LogP contribution in [0.15, 0.2) is 0 Å². The van der Waals surface area contributed by atoms with Gasteiger partial charge in [0.1, 0.15) is 5.54 Å². The first-order valence-electron chi connectivity index (χ1n) is 5.44. The molecule has 0 saturated heterocycles. The molecule has 0 aromatic rings. The van der Waals surface area contributed by atoms with E-state index in [-0.39, 0.29) is 5.97 Å². The lowest BCUT2D eigenvalue weighted by Crippen LogP contribution is -2.50. The summed E-state index contributed by atoms with van der Waals surface area (Å²) in [5.74, 6) is -0.178. The van der Waals surface area contributed by atoms with Gasteiger partial charge in [-0.25, -0.2) is 0 Å². The molecular weight excluding hydrogens is 192 g/mol. The molecule has 4 heteroatoms. The number of methoxy groups -OCH3 is 1. The molecule has 0 amide bonds. The summed E-state index contributed by atoms with van der Waals surface area (Å²) >= 11 is 0. The second-order valence-electron chi connectivity index (χ2n) is 4.26. The molecular formula is C11H24N2O2. The number of ether oxygens (including phenoxy) is 1. The van der Waals surface area contributed by atoms with E-state index in [0.717, 1.165) is 25.9 Å². The highest BCUT2D eigenvalue weighted by molar-refractivity contribution is 5.80. The molecule has 0 spiro atoms. The maximum atomic E-state index is 11.6. The molecule has 1 unspecified atom stereocenters. The Kier molecular flexibility index (Phi) is 6.52. The van der Waals surface area contributed by atoms with E-state index in [1.807, 2.05) is 27.9 Å². The van der Waals surface area contributed by atoms with Crippen LogP contribution in [0.5, 0.6) is 0 Å². The zero-order valence-corrected chi connectivity index (χ0v) is 10.6. The number of esters is 1. The minimum absolute atomic E-state index is 0.178. The predicted molar refractivity (Wildman–Crippen MR) is 61.9 cm³/mol. The number of carbonyl (C=O) groups is 1. The number of hydrogen-bond acceptors (Lipinski definition) is 4. The zero-order chi connectivity index (χ0) is 11.9. The summed E-state index contributed by atoms with van der Waals surface area (Å²) in [6.45, 7) is 5.65. The normalized spacial score (nSPS) is 15.1. The average molecular weight is 216 g/mol. The van der Waals surface area contributed by atoms with Crippen molar-refractivity contribution < 1.29 is 9.53 Å². The summed E-state index contributed by atoms with van der Waals surface area (Å²) in [6.07, 6.45) is 1.78. The molecule has 0 aliphatic rings. The average Bonchev–Trinajstić information content (AvgIpc) is 2.16. The lowest BCUT2D eigenvalue weighted by molar-refractivity contribution is -0.148. The van der Waals surface area contributed by atoms with Gasteiger partial charge in [-0.1, -0.05) is 6.92 Å². The molecule has 90 valence electrons. The summed E-state index contributed by atoms with van der Waals surface area (Å²) in [7, 11) is 5.50. The fraction of sp³-hybridized carbons (Fsp3) is 0.909. The fourth-order valence-electron chi connectivity index (χ4n) is 1.63. The zero-order valence-electron chi connectivity index (χ0n) is 10.6. The van der Waals surface area contributed by atoms with Crippen LogP contribution < -0.4 is 5.32 Å². The van der Waals surface area contributed by atoms with Crippen LogP contribution >= 0.6 is 0 Å². The van der Waals surface area contributed by atoms with Gasteiger partial charge in [-0.15, -0.1) is 0 Å². The number of carbonyl (C=O) groups excluding carboxylic acids is 1. The fourth-order valence-corrected chi connectivity index (χ4v) is 1.63. The highest BCUT2D eigenvalue weighted by Crippen LogP contribution is 2.14. The van der Waals surface area contributed by atoms with Gasteiger partial charge in [-0.3, -0.25) is 4.79 Å². The molecule has 1 atom stereocenters. The Bertz CT molecular complexity index is 195. The number of nitrogens with zero attached hydrogens (tertiary/aromatic N) is 1. The van der Waals surface area contributed by atoms with E-state index in [9.17, 15) is 4.79 Å². The van der Waals surface area contributed by atoms with Gasteiger partial charge in [0.15, 0.2) is 0 Å². The molecule has 0 aromatic carbocycles. The van der Waals surface area contributed by atoms with Crippen LogP contribution in [0, 0.1) is 0 Å². The molecule has 0 radical (unpaired) electrons. The molecule has 0 bridgehead atoms. The minimum atomic E-state index is -0.542. The lowest BCUT2D eigenvalue weighted by Gasteiger charge is -2.28. The number of hydrogen-bond donors (Lipinski definition) is 1. The van der Waals surface area contributed by atoms with E-state index >= 15 is 0 Å². The number of rotatable bonds is 7. The van der Waals surface area contributed by atoms with E-state index in [4.69, 9.17) is 4.74 Å². The van der Waals surface area contributed by atoms with Crippen LogP contribution in [-0.2, 0) is 9.53 Å². The third-order valence-electron chi connectivity index (χ3n) is 2.48. The van der Waals surface area contributed by atoms with Crippen molar-refractivity contribution in [3.05, 3.63) is 0 Å². The molecule has 4 nitrogen and oxygen atoms in total. The highest BCUT2D eigenvalue weighted by atomic mass is 16.5. The van der Waals surface area contributed by atoms with Gasteiger partial charge in [0, 0.05) is 0 Å². The van der Waals surface area contributed by atoms with Crippen molar-refractivity contribution in [1.29, 1.82) is 0 Å². The van der Waals surface area contributed by atoms with E-state index in [2.05, 4.69) is 10.2 Å². The molecule has 0 aromatic heterocycles. The van der Waals surface area contributed by atoms with Crippen molar-refractivity contribution in [2.24, 2.45) is 0 Å². The van der Waals surface area contributed by atoms with Gasteiger partial charge in [0.2, 0.25) is 0 Å². The summed E-state index contributed by atoms with van der Waals surface area (Å²) in [6, 6.07) is 0. The third-order valence-corrected chi connectivity index (χ3v) is 2.48. The molecule has 0 heterocycles. The van der Waals surface area contributed by atoms with Crippen molar-refractivity contribution in [3.8, 4) is 0 Å². The van der Waals surface area contributed by atoms with Crippen molar-refractivity contribution in [2.45, 2.75) is 32.2 Å². The highest BCUT2D eigenvalue weighted by Gasteiger charge is 2.32. The number of nitrogens with one attached hydrogen (secondary N) is 1. The standard InChI is InChI=1S/C11H24N2O2/c1-6-12-11(2,10(14)15-5)8-7-9-13(3)4/h12H,6-9H2,1-5H3. The lowest BCUT2D eigenvalue weighted by atomic mass is 9.95. The molecule has 0 fully saturated rings. The summed E-state index contributed by atoms with van der Waals surface area (Å²) in [5.41, 5.74) is -0.542. The first-order valence-corrected chi connectivity index (χ1v) is 5.44. The van der Waals surface area contributed by atoms with Gasteiger partial charge in [0.25, 0.3) is 0 Å². The molecule has 0 aliphatic heterocycles. The smallest absolute Gasteiger partial charge is 0.325 e. The van der Waals surface area contributed by atoms with Crippen molar-refractivity contribution in [3.63, 3.8) is 0 Å². The van der Waals surface area contributed by atoms with Crippen molar-refractivity contribution in [2.75, 3.05) is 34.3 Å².